The Hall–Kier alpha value is -3.43. The first-order chi connectivity index (χ1) is 15.7. The van der Waals surface area contributed by atoms with Gasteiger partial charge < -0.3 is 9.15 Å². The van der Waals surface area contributed by atoms with Crippen molar-refractivity contribution in [1.29, 1.82) is 0 Å². The zero-order chi connectivity index (χ0) is 23.6. The van der Waals surface area contributed by atoms with Crippen LogP contribution in [-0.2, 0) is 41.1 Å². The zero-order valence-electron chi connectivity index (χ0n) is 18.4. The van der Waals surface area contributed by atoms with Crippen molar-refractivity contribution in [2.45, 2.75) is 38.1 Å². The molecule has 0 bridgehead atoms. The van der Waals surface area contributed by atoms with Gasteiger partial charge in [0.25, 0.3) is 10.0 Å². The van der Waals surface area contributed by atoms with Gasteiger partial charge in [0.15, 0.2) is 0 Å². The lowest BCUT2D eigenvalue weighted by atomic mass is 10.1. The number of hydrogen-bond donors (Lipinski definition) is 0. The molecule has 0 saturated heterocycles. The molecule has 172 valence electrons. The van der Waals surface area contributed by atoms with Gasteiger partial charge in [0.05, 0.1) is 11.4 Å². The van der Waals surface area contributed by atoms with Gasteiger partial charge in [-0.1, -0.05) is 36.4 Å². The van der Waals surface area contributed by atoms with E-state index in [1.165, 1.54) is 49.6 Å². The van der Waals surface area contributed by atoms with Crippen LogP contribution in [0.2, 0.25) is 0 Å². The van der Waals surface area contributed by atoms with Crippen molar-refractivity contribution in [3.63, 3.8) is 0 Å². The van der Waals surface area contributed by atoms with E-state index in [4.69, 9.17) is 9.15 Å². The minimum atomic E-state index is -3.89. The van der Waals surface area contributed by atoms with E-state index in [1.807, 2.05) is 12.1 Å². The summed E-state index contributed by atoms with van der Waals surface area (Å²) in [7, 11) is -2.68. The van der Waals surface area contributed by atoms with Gasteiger partial charge >= 0.3 is 0 Å². The van der Waals surface area contributed by atoms with Crippen LogP contribution >= 0.6 is 0 Å². The minimum Gasteiger partial charge on any atom is -0.482 e. The standard InChI is InChI=1S/C24H24N2O6S/c1-17(27)25(2)33(29,30)22-9-7-18(8-10-22)15-32-24-16-31-21(11-23(24)28)14-26-12-19-5-3-4-6-20(19)13-26/h3-11,16H,12-15H2,1-2H3. The Morgan fingerprint density at radius 3 is 2.30 bits per heavy atom. The van der Waals surface area contributed by atoms with Crippen molar-refractivity contribution in [2.75, 3.05) is 7.05 Å². The Kier molecular flexibility index (Phi) is 6.35. The SMILES string of the molecule is CC(=O)N(C)S(=O)(=O)c1ccc(COc2coc(CN3Cc4ccccc4C3)cc2=O)cc1. The molecule has 0 atom stereocenters. The lowest BCUT2D eigenvalue weighted by molar-refractivity contribution is -0.123. The van der Waals surface area contributed by atoms with Crippen LogP contribution in [0.4, 0.5) is 0 Å². The largest absolute Gasteiger partial charge is 0.482 e. The van der Waals surface area contributed by atoms with Crippen molar-refractivity contribution in [1.82, 2.24) is 9.21 Å². The summed E-state index contributed by atoms with van der Waals surface area (Å²) in [4.78, 5) is 26.0. The molecule has 33 heavy (non-hydrogen) atoms. The molecule has 0 radical (unpaired) electrons. The van der Waals surface area contributed by atoms with Gasteiger partial charge in [0.1, 0.15) is 18.6 Å². The second-order valence-corrected chi connectivity index (χ2v) is 9.88. The van der Waals surface area contributed by atoms with Crippen LogP contribution < -0.4 is 10.2 Å². The molecule has 2 heterocycles. The fourth-order valence-electron chi connectivity index (χ4n) is 3.61. The molecule has 2 aromatic carbocycles. The van der Waals surface area contributed by atoms with Crippen LogP contribution in [0.1, 0.15) is 29.4 Å². The maximum absolute atomic E-state index is 12.5. The van der Waals surface area contributed by atoms with Crippen LogP contribution in [0, 0.1) is 0 Å². The summed E-state index contributed by atoms with van der Waals surface area (Å²) in [5.41, 5.74) is 2.95. The molecular weight excluding hydrogens is 444 g/mol. The van der Waals surface area contributed by atoms with Gasteiger partial charge in [-0.05, 0) is 28.8 Å². The smallest absolute Gasteiger partial charge is 0.266 e. The molecule has 9 heteroatoms. The van der Waals surface area contributed by atoms with E-state index in [0.29, 0.717) is 22.2 Å². The maximum atomic E-state index is 12.5. The van der Waals surface area contributed by atoms with E-state index in [9.17, 15) is 18.0 Å². The van der Waals surface area contributed by atoms with Crippen LogP contribution in [0.25, 0.3) is 0 Å². The second-order valence-electron chi connectivity index (χ2n) is 7.91. The summed E-state index contributed by atoms with van der Waals surface area (Å²) in [6.45, 7) is 3.39. The number of amides is 1. The average molecular weight is 469 g/mol. The number of rotatable bonds is 7. The van der Waals surface area contributed by atoms with Crippen LogP contribution in [0.5, 0.6) is 5.75 Å². The van der Waals surface area contributed by atoms with Crippen molar-refractivity contribution >= 4 is 15.9 Å². The third-order valence-electron chi connectivity index (χ3n) is 5.56. The number of sulfonamides is 1. The van der Waals surface area contributed by atoms with Gasteiger partial charge in [0.2, 0.25) is 17.1 Å². The predicted molar refractivity (Wildman–Crippen MR) is 121 cm³/mol. The number of carbonyl (C=O) groups excluding carboxylic acids is 1. The summed E-state index contributed by atoms with van der Waals surface area (Å²) in [6.07, 6.45) is 1.31. The summed E-state index contributed by atoms with van der Waals surface area (Å²) in [5.74, 6) is 0.0626. The average Bonchev–Trinajstić information content (AvgIpc) is 3.20. The quantitative estimate of drug-likeness (QED) is 0.526. The number of hydrogen-bond acceptors (Lipinski definition) is 7. The highest BCUT2D eigenvalue weighted by atomic mass is 32.2. The number of nitrogens with zero attached hydrogens (tertiary/aromatic N) is 2. The van der Waals surface area contributed by atoms with Crippen molar-refractivity contribution in [3.05, 3.63) is 93.5 Å². The lowest BCUT2D eigenvalue weighted by Gasteiger charge is -2.15. The minimum absolute atomic E-state index is 0.00289. The predicted octanol–water partition coefficient (Wildman–Crippen LogP) is 2.90. The molecule has 0 saturated carbocycles. The lowest BCUT2D eigenvalue weighted by Crippen LogP contribution is -2.31. The van der Waals surface area contributed by atoms with Crippen LogP contribution in [-0.4, -0.2) is 30.6 Å². The number of benzene rings is 2. The van der Waals surface area contributed by atoms with Gasteiger partial charge in [0, 0.05) is 33.1 Å². The first-order valence-corrected chi connectivity index (χ1v) is 11.8. The molecule has 0 N–H and O–H groups in total. The Bertz CT molecular complexity index is 1310. The van der Waals surface area contributed by atoms with E-state index < -0.39 is 15.9 Å². The summed E-state index contributed by atoms with van der Waals surface area (Å²) >= 11 is 0. The van der Waals surface area contributed by atoms with E-state index in [0.717, 1.165) is 13.1 Å². The van der Waals surface area contributed by atoms with Crippen molar-refractivity contribution < 1.29 is 22.4 Å². The topological polar surface area (TPSA) is 97.1 Å². The van der Waals surface area contributed by atoms with E-state index in [1.54, 1.807) is 12.1 Å². The molecule has 0 unspecified atom stereocenters. The number of carbonyl (C=O) groups is 1. The molecule has 3 aromatic rings. The van der Waals surface area contributed by atoms with E-state index in [-0.39, 0.29) is 22.7 Å². The van der Waals surface area contributed by atoms with Gasteiger partial charge in [-0.15, -0.1) is 0 Å². The van der Waals surface area contributed by atoms with E-state index >= 15 is 0 Å². The van der Waals surface area contributed by atoms with Crippen LogP contribution in [0.15, 0.2) is 75.0 Å². The molecule has 1 aromatic heterocycles. The third kappa shape index (κ3) is 4.99. The molecule has 1 aliphatic heterocycles. The van der Waals surface area contributed by atoms with Crippen molar-refractivity contribution in [3.8, 4) is 5.75 Å². The second kappa shape index (κ2) is 9.21. The highest BCUT2D eigenvalue weighted by Crippen LogP contribution is 2.24. The summed E-state index contributed by atoms with van der Waals surface area (Å²) in [6, 6.07) is 15.6. The summed E-state index contributed by atoms with van der Waals surface area (Å²) in [5, 5.41) is 0. The Balaban J connectivity index is 1.36. The number of fused-ring (bicyclic) bond motifs is 1. The van der Waals surface area contributed by atoms with Crippen LogP contribution in [0.3, 0.4) is 0 Å². The van der Waals surface area contributed by atoms with Gasteiger partial charge in [-0.2, -0.15) is 0 Å². The first kappa shape index (κ1) is 22.8. The highest BCUT2D eigenvalue weighted by molar-refractivity contribution is 7.89. The fraction of sp³-hybridized carbons (Fsp3) is 0.250. The fourth-order valence-corrected chi connectivity index (χ4v) is 4.74. The Morgan fingerprint density at radius 2 is 1.73 bits per heavy atom. The van der Waals surface area contributed by atoms with Crippen molar-refractivity contribution in [2.24, 2.45) is 0 Å². The molecular formula is C24H24N2O6S. The third-order valence-corrected chi connectivity index (χ3v) is 7.40. The molecule has 8 nitrogen and oxygen atoms in total. The molecule has 0 spiro atoms. The Labute approximate surface area is 192 Å². The monoisotopic (exact) mass is 468 g/mol. The van der Waals surface area contributed by atoms with Gasteiger partial charge in [-0.3, -0.25) is 14.5 Å². The molecule has 1 amide bonds. The zero-order valence-corrected chi connectivity index (χ0v) is 19.2. The van der Waals surface area contributed by atoms with E-state index in [2.05, 4.69) is 17.0 Å². The summed E-state index contributed by atoms with van der Waals surface area (Å²) < 4.78 is 36.6. The first-order valence-electron chi connectivity index (χ1n) is 10.4. The normalized spacial score (nSPS) is 13.5. The Morgan fingerprint density at radius 1 is 1.09 bits per heavy atom. The van der Waals surface area contributed by atoms with Gasteiger partial charge in [-0.25, -0.2) is 12.7 Å². The number of ether oxygens (including phenoxy) is 1. The molecule has 0 aliphatic carbocycles. The molecule has 4 rings (SSSR count). The molecule has 0 fully saturated rings. The highest BCUT2D eigenvalue weighted by Gasteiger charge is 2.23. The molecule has 1 aliphatic rings. The maximum Gasteiger partial charge on any atom is 0.266 e.